The summed E-state index contributed by atoms with van der Waals surface area (Å²) < 4.78 is 16.0. The molecule has 1 N–H and O–H groups in total. The zero-order valence-corrected chi connectivity index (χ0v) is 15.3. The van der Waals surface area contributed by atoms with Crippen LogP contribution in [0.25, 0.3) is 0 Å². The molecule has 1 heterocycles. The molecule has 1 amide bonds. The summed E-state index contributed by atoms with van der Waals surface area (Å²) in [5.74, 6) is 1.52. The number of piperazine rings is 1. The highest BCUT2D eigenvalue weighted by Crippen LogP contribution is 2.38. The first kappa shape index (κ1) is 18.4. The Kier molecular flexibility index (Phi) is 6.31. The van der Waals surface area contributed by atoms with E-state index in [1.165, 1.54) is 0 Å². The molecular weight excluding hydrogens is 308 g/mol. The summed E-state index contributed by atoms with van der Waals surface area (Å²) in [5.41, 5.74) is 0.566. The second kappa shape index (κ2) is 8.24. The maximum absolute atomic E-state index is 12.8. The fraction of sp³-hybridized carbons (Fsp3) is 0.611. The van der Waals surface area contributed by atoms with Gasteiger partial charge < -0.3 is 24.0 Å². The molecule has 2 rings (SSSR count). The standard InChI is InChI=1S/C18H28N2O4/c1-6-13(2)19-7-9-20(10-8-19)18(21)14-11-15(22-3)17(24-5)16(12-14)23-4/h11-13H,6-10H2,1-5H3/p+1/t13-/m0/s1. The van der Waals surface area contributed by atoms with Gasteiger partial charge in [0.1, 0.15) is 0 Å². The lowest BCUT2D eigenvalue weighted by molar-refractivity contribution is -0.927. The first-order valence-corrected chi connectivity index (χ1v) is 8.49. The minimum Gasteiger partial charge on any atom is -0.493 e. The summed E-state index contributed by atoms with van der Waals surface area (Å²) in [4.78, 5) is 16.3. The number of nitrogens with one attached hydrogen (secondary N) is 1. The summed E-state index contributed by atoms with van der Waals surface area (Å²) in [5, 5.41) is 0. The highest BCUT2D eigenvalue weighted by molar-refractivity contribution is 5.95. The van der Waals surface area contributed by atoms with E-state index in [2.05, 4.69) is 13.8 Å². The Labute approximate surface area is 144 Å². The van der Waals surface area contributed by atoms with Gasteiger partial charge in [-0.05, 0) is 25.5 Å². The first-order chi connectivity index (χ1) is 11.5. The van der Waals surface area contributed by atoms with Crippen molar-refractivity contribution in [1.29, 1.82) is 0 Å². The molecule has 1 fully saturated rings. The minimum absolute atomic E-state index is 0.0115. The van der Waals surface area contributed by atoms with E-state index >= 15 is 0 Å². The van der Waals surface area contributed by atoms with Crippen molar-refractivity contribution in [3.8, 4) is 17.2 Å². The maximum atomic E-state index is 12.8. The van der Waals surface area contributed by atoms with Gasteiger partial charge in [0.15, 0.2) is 11.5 Å². The van der Waals surface area contributed by atoms with Crippen molar-refractivity contribution >= 4 is 5.91 Å². The number of hydrogen-bond acceptors (Lipinski definition) is 4. The molecule has 1 aromatic rings. The summed E-state index contributed by atoms with van der Waals surface area (Å²) >= 11 is 0. The molecule has 1 aliphatic heterocycles. The molecular formula is C18H29N2O4+. The number of benzene rings is 1. The molecule has 0 aliphatic carbocycles. The Morgan fingerprint density at radius 3 is 2.08 bits per heavy atom. The molecule has 0 aromatic heterocycles. The van der Waals surface area contributed by atoms with Crippen LogP contribution >= 0.6 is 0 Å². The quantitative estimate of drug-likeness (QED) is 0.836. The molecule has 0 radical (unpaired) electrons. The van der Waals surface area contributed by atoms with Crippen molar-refractivity contribution in [2.75, 3.05) is 47.5 Å². The fourth-order valence-electron chi connectivity index (χ4n) is 3.17. The van der Waals surface area contributed by atoms with Gasteiger partial charge in [-0.3, -0.25) is 4.79 Å². The van der Waals surface area contributed by atoms with Crippen LogP contribution in [-0.4, -0.2) is 64.4 Å². The molecule has 0 spiro atoms. The molecule has 24 heavy (non-hydrogen) atoms. The van der Waals surface area contributed by atoms with Gasteiger partial charge in [-0.25, -0.2) is 0 Å². The van der Waals surface area contributed by atoms with Gasteiger partial charge in [0.05, 0.1) is 53.6 Å². The Morgan fingerprint density at radius 1 is 1.12 bits per heavy atom. The number of amides is 1. The number of ether oxygens (including phenoxy) is 3. The summed E-state index contributed by atoms with van der Waals surface area (Å²) in [6, 6.07) is 4.08. The van der Waals surface area contributed by atoms with Crippen LogP contribution in [0.2, 0.25) is 0 Å². The van der Waals surface area contributed by atoms with E-state index in [0.717, 1.165) is 32.6 Å². The Bertz CT molecular complexity index is 543. The maximum Gasteiger partial charge on any atom is 0.254 e. The minimum atomic E-state index is 0.0115. The van der Waals surface area contributed by atoms with Crippen LogP contribution in [0.5, 0.6) is 17.2 Å². The van der Waals surface area contributed by atoms with Crippen LogP contribution < -0.4 is 19.1 Å². The third kappa shape index (κ3) is 3.75. The van der Waals surface area contributed by atoms with E-state index in [0.29, 0.717) is 28.9 Å². The smallest absolute Gasteiger partial charge is 0.254 e. The summed E-state index contributed by atoms with van der Waals surface area (Å²) in [6.07, 6.45) is 1.16. The summed E-state index contributed by atoms with van der Waals surface area (Å²) in [7, 11) is 4.67. The number of hydrogen-bond donors (Lipinski definition) is 1. The zero-order valence-electron chi connectivity index (χ0n) is 15.3. The lowest BCUT2D eigenvalue weighted by Crippen LogP contribution is -3.17. The molecule has 6 nitrogen and oxygen atoms in total. The SMILES string of the molecule is CC[C@H](C)[NH+]1CCN(C(=O)c2cc(OC)c(OC)c(OC)c2)CC1. The molecule has 1 atom stereocenters. The van der Waals surface area contributed by atoms with Crippen molar-refractivity contribution in [3.63, 3.8) is 0 Å². The Morgan fingerprint density at radius 2 is 1.67 bits per heavy atom. The second-order valence-electron chi connectivity index (χ2n) is 6.17. The normalized spacial score (nSPS) is 16.6. The van der Waals surface area contributed by atoms with Crippen molar-refractivity contribution in [2.45, 2.75) is 26.3 Å². The largest absolute Gasteiger partial charge is 0.493 e. The number of rotatable bonds is 6. The second-order valence-corrected chi connectivity index (χ2v) is 6.17. The highest BCUT2D eigenvalue weighted by atomic mass is 16.5. The molecule has 1 saturated heterocycles. The van der Waals surface area contributed by atoms with Crippen molar-refractivity contribution in [2.24, 2.45) is 0 Å². The third-order valence-corrected chi connectivity index (χ3v) is 4.91. The third-order valence-electron chi connectivity index (χ3n) is 4.91. The van der Waals surface area contributed by atoms with Crippen LogP contribution in [0.1, 0.15) is 30.6 Å². The molecule has 0 saturated carbocycles. The number of carbonyl (C=O) groups is 1. The topological polar surface area (TPSA) is 52.4 Å². The summed E-state index contributed by atoms with van der Waals surface area (Å²) in [6.45, 7) is 8.01. The van der Waals surface area contributed by atoms with E-state index in [1.54, 1.807) is 38.4 Å². The predicted octanol–water partition coefficient (Wildman–Crippen LogP) is 0.852. The van der Waals surface area contributed by atoms with Crippen molar-refractivity contribution < 1.29 is 23.9 Å². The van der Waals surface area contributed by atoms with Crippen LogP contribution in [-0.2, 0) is 0 Å². The lowest BCUT2D eigenvalue weighted by Gasteiger charge is -2.35. The molecule has 1 aromatic carbocycles. The average Bonchev–Trinajstić information content (AvgIpc) is 2.65. The number of nitrogens with zero attached hydrogens (tertiary/aromatic N) is 1. The number of carbonyl (C=O) groups excluding carboxylic acids is 1. The fourth-order valence-corrected chi connectivity index (χ4v) is 3.17. The van der Waals surface area contributed by atoms with E-state index in [-0.39, 0.29) is 5.91 Å². The Balaban J connectivity index is 2.16. The van der Waals surface area contributed by atoms with Gasteiger partial charge >= 0.3 is 0 Å². The molecule has 1 aliphatic rings. The van der Waals surface area contributed by atoms with Gasteiger partial charge in [-0.15, -0.1) is 0 Å². The van der Waals surface area contributed by atoms with Crippen molar-refractivity contribution in [3.05, 3.63) is 17.7 Å². The van der Waals surface area contributed by atoms with Crippen LogP contribution in [0.15, 0.2) is 12.1 Å². The highest BCUT2D eigenvalue weighted by Gasteiger charge is 2.28. The first-order valence-electron chi connectivity index (χ1n) is 8.49. The number of quaternary nitrogens is 1. The van der Waals surface area contributed by atoms with Gasteiger partial charge in [-0.2, -0.15) is 0 Å². The molecule has 6 heteroatoms. The average molecular weight is 337 g/mol. The molecule has 0 bridgehead atoms. The van der Waals surface area contributed by atoms with Crippen LogP contribution in [0.4, 0.5) is 0 Å². The zero-order chi connectivity index (χ0) is 17.7. The van der Waals surface area contributed by atoms with Crippen LogP contribution in [0.3, 0.4) is 0 Å². The lowest BCUT2D eigenvalue weighted by atomic mass is 10.1. The van der Waals surface area contributed by atoms with Crippen LogP contribution in [0, 0.1) is 0 Å². The number of methoxy groups -OCH3 is 3. The van der Waals surface area contributed by atoms with Gasteiger partial charge in [-0.1, -0.05) is 6.92 Å². The van der Waals surface area contributed by atoms with Gasteiger partial charge in [0, 0.05) is 5.56 Å². The van der Waals surface area contributed by atoms with E-state index in [9.17, 15) is 4.79 Å². The van der Waals surface area contributed by atoms with Gasteiger partial charge in [0.25, 0.3) is 5.91 Å². The Hall–Kier alpha value is -1.95. The van der Waals surface area contributed by atoms with Crippen molar-refractivity contribution in [1.82, 2.24) is 4.90 Å². The van der Waals surface area contributed by atoms with Gasteiger partial charge in [0.2, 0.25) is 5.75 Å². The van der Waals surface area contributed by atoms with E-state index in [4.69, 9.17) is 14.2 Å². The monoisotopic (exact) mass is 337 g/mol. The molecule has 0 unspecified atom stereocenters. The van der Waals surface area contributed by atoms with E-state index in [1.807, 2.05) is 4.90 Å². The predicted molar refractivity (Wildman–Crippen MR) is 92.5 cm³/mol. The van der Waals surface area contributed by atoms with E-state index < -0.39 is 0 Å². The molecule has 134 valence electrons.